The van der Waals surface area contributed by atoms with Crippen LogP contribution in [0.1, 0.15) is 0 Å². The molecular formula is C33H27N7OS2. The first-order valence-electron chi connectivity index (χ1n) is 13.4. The number of nitrogens with zero attached hydrogens (tertiary/aromatic N) is 2. The molecule has 7 aromatic rings. The lowest BCUT2D eigenvalue weighted by Crippen LogP contribution is -2.19. The zero-order valence-electron chi connectivity index (χ0n) is 22.8. The van der Waals surface area contributed by atoms with Crippen LogP contribution >= 0.6 is 22.7 Å². The molecule has 0 unspecified atom stereocenters. The Kier molecular flexibility index (Phi) is 8.39. The van der Waals surface area contributed by atoms with Crippen molar-refractivity contribution < 1.29 is 4.79 Å². The minimum absolute atomic E-state index is 0.297. The van der Waals surface area contributed by atoms with Crippen molar-refractivity contribution in [2.24, 2.45) is 0 Å². The molecule has 2 aromatic heterocycles. The fraction of sp³-hybridized carbons (Fsp3) is 0. The van der Waals surface area contributed by atoms with Gasteiger partial charge in [0.2, 0.25) is 0 Å². The van der Waals surface area contributed by atoms with Crippen LogP contribution in [-0.2, 0) is 0 Å². The highest BCUT2D eigenvalue weighted by Crippen LogP contribution is 2.33. The van der Waals surface area contributed by atoms with Gasteiger partial charge in [-0.05, 0) is 60.7 Å². The number of hydrogen-bond acceptors (Lipinski definition) is 8. The Morgan fingerprint density at radius 2 is 1.02 bits per heavy atom. The van der Waals surface area contributed by atoms with Crippen LogP contribution in [0.3, 0.4) is 0 Å². The number of nitrogens with one attached hydrogen (secondary N) is 4. The molecule has 5 aromatic carbocycles. The SMILES string of the molecule is Nc1cccc2sc(Nc3ccccc3)nc12.O=C(Nc1ccccc1)Nc1cccc2sc(Nc3ccccc3)nc12. The molecule has 0 atom stereocenters. The summed E-state index contributed by atoms with van der Waals surface area (Å²) in [6, 6.07) is 40.5. The third-order valence-corrected chi connectivity index (χ3v) is 8.07. The second kappa shape index (κ2) is 13.0. The lowest BCUT2D eigenvalue weighted by molar-refractivity contribution is 0.262. The third kappa shape index (κ3) is 7.07. The van der Waals surface area contributed by atoms with Crippen molar-refractivity contribution in [2.45, 2.75) is 0 Å². The van der Waals surface area contributed by atoms with Gasteiger partial charge in [-0.25, -0.2) is 14.8 Å². The molecule has 6 N–H and O–H groups in total. The predicted octanol–water partition coefficient (Wildman–Crippen LogP) is 9.31. The maximum Gasteiger partial charge on any atom is 0.323 e. The predicted molar refractivity (Wildman–Crippen MR) is 182 cm³/mol. The van der Waals surface area contributed by atoms with E-state index in [1.54, 1.807) is 22.7 Å². The van der Waals surface area contributed by atoms with Crippen LogP contribution in [0.4, 0.5) is 43.5 Å². The van der Waals surface area contributed by atoms with Gasteiger partial charge in [-0.1, -0.05) is 89.4 Å². The van der Waals surface area contributed by atoms with Crippen LogP contribution < -0.4 is 27.0 Å². The number of rotatable bonds is 6. The topological polar surface area (TPSA) is 117 Å². The Morgan fingerprint density at radius 1 is 0.535 bits per heavy atom. The van der Waals surface area contributed by atoms with Crippen LogP contribution in [0.25, 0.3) is 20.4 Å². The molecule has 0 aliphatic carbocycles. The number of nitrogen functional groups attached to an aromatic ring is 1. The summed E-state index contributed by atoms with van der Waals surface area (Å²) in [5.74, 6) is 0. The fourth-order valence-corrected chi connectivity index (χ4v) is 6.06. The number of anilines is 7. The Hall–Kier alpha value is -5.45. The van der Waals surface area contributed by atoms with Gasteiger partial charge in [0.25, 0.3) is 0 Å². The molecule has 0 aliphatic heterocycles. The van der Waals surface area contributed by atoms with E-state index in [4.69, 9.17) is 5.73 Å². The molecule has 0 aliphatic rings. The van der Waals surface area contributed by atoms with Crippen molar-refractivity contribution in [1.29, 1.82) is 0 Å². The highest BCUT2D eigenvalue weighted by atomic mass is 32.1. The Balaban J connectivity index is 0.000000167. The summed E-state index contributed by atoms with van der Waals surface area (Å²) in [5.41, 5.74) is 11.7. The van der Waals surface area contributed by atoms with Gasteiger partial charge in [0.05, 0.1) is 20.8 Å². The lowest BCUT2D eigenvalue weighted by Gasteiger charge is -2.07. The van der Waals surface area contributed by atoms with Gasteiger partial charge in [-0.2, -0.15) is 0 Å². The number of urea groups is 1. The van der Waals surface area contributed by atoms with E-state index in [9.17, 15) is 4.79 Å². The molecular weight excluding hydrogens is 575 g/mol. The molecule has 7 rings (SSSR count). The minimum Gasteiger partial charge on any atom is -0.397 e. The Morgan fingerprint density at radius 3 is 1.58 bits per heavy atom. The summed E-state index contributed by atoms with van der Waals surface area (Å²) in [7, 11) is 0. The third-order valence-electron chi connectivity index (χ3n) is 6.20. The second-order valence-corrected chi connectivity index (χ2v) is 11.4. The number of thiazole rings is 2. The summed E-state index contributed by atoms with van der Waals surface area (Å²) >= 11 is 3.15. The Labute approximate surface area is 256 Å². The number of aromatic nitrogens is 2. The van der Waals surface area contributed by atoms with Crippen molar-refractivity contribution in [3.63, 3.8) is 0 Å². The molecule has 0 bridgehead atoms. The van der Waals surface area contributed by atoms with Crippen LogP contribution in [0.5, 0.6) is 0 Å². The van der Waals surface area contributed by atoms with E-state index < -0.39 is 0 Å². The first-order chi connectivity index (χ1) is 21.1. The smallest absolute Gasteiger partial charge is 0.323 e. The molecule has 0 spiro atoms. The average molecular weight is 602 g/mol. The van der Waals surface area contributed by atoms with Gasteiger partial charge in [-0.3, -0.25) is 0 Å². The molecule has 2 amide bonds. The quantitative estimate of drug-likeness (QED) is 0.121. The van der Waals surface area contributed by atoms with E-state index >= 15 is 0 Å². The molecule has 212 valence electrons. The van der Waals surface area contributed by atoms with Crippen LogP contribution in [0, 0.1) is 0 Å². The summed E-state index contributed by atoms with van der Waals surface area (Å²) < 4.78 is 2.10. The van der Waals surface area contributed by atoms with Crippen LogP contribution in [-0.4, -0.2) is 16.0 Å². The summed E-state index contributed by atoms with van der Waals surface area (Å²) in [4.78, 5) is 21.4. The zero-order chi connectivity index (χ0) is 29.4. The van der Waals surface area contributed by atoms with E-state index in [1.165, 1.54) is 0 Å². The van der Waals surface area contributed by atoms with E-state index in [-0.39, 0.29) is 6.03 Å². The highest BCUT2D eigenvalue weighted by Gasteiger charge is 2.11. The summed E-state index contributed by atoms with van der Waals surface area (Å²) in [6.07, 6.45) is 0. The Bertz CT molecular complexity index is 1960. The molecule has 0 saturated carbocycles. The monoisotopic (exact) mass is 601 g/mol. The maximum absolute atomic E-state index is 12.3. The molecule has 8 nitrogen and oxygen atoms in total. The molecule has 10 heteroatoms. The highest BCUT2D eigenvalue weighted by molar-refractivity contribution is 7.22. The second-order valence-electron chi connectivity index (χ2n) is 9.31. The largest absolute Gasteiger partial charge is 0.397 e. The summed E-state index contributed by atoms with van der Waals surface area (Å²) in [5, 5.41) is 13.9. The minimum atomic E-state index is -0.297. The molecule has 0 fully saturated rings. The number of amides is 2. The van der Waals surface area contributed by atoms with Crippen molar-refractivity contribution >= 4 is 87.8 Å². The van der Waals surface area contributed by atoms with E-state index in [0.29, 0.717) is 5.69 Å². The number of nitrogens with two attached hydrogens (primary N) is 1. The van der Waals surface area contributed by atoms with Crippen molar-refractivity contribution in [1.82, 2.24) is 9.97 Å². The van der Waals surface area contributed by atoms with Gasteiger partial charge in [-0.15, -0.1) is 0 Å². The van der Waals surface area contributed by atoms with E-state index in [0.717, 1.165) is 53.4 Å². The van der Waals surface area contributed by atoms with Gasteiger partial charge in [0.15, 0.2) is 10.3 Å². The zero-order valence-corrected chi connectivity index (χ0v) is 24.5. The first kappa shape index (κ1) is 27.7. The van der Waals surface area contributed by atoms with Gasteiger partial charge in [0.1, 0.15) is 11.0 Å². The summed E-state index contributed by atoms with van der Waals surface area (Å²) in [6.45, 7) is 0. The van der Waals surface area contributed by atoms with Gasteiger partial charge >= 0.3 is 6.03 Å². The normalized spacial score (nSPS) is 10.5. The number of carbonyl (C=O) groups is 1. The van der Waals surface area contributed by atoms with Crippen molar-refractivity contribution in [3.8, 4) is 0 Å². The van der Waals surface area contributed by atoms with Crippen LogP contribution in [0.2, 0.25) is 0 Å². The van der Waals surface area contributed by atoms with Crippen molar-refractivity contribution in [2.75, 3.05) is 27.0 Å². The van der Waals surface area contributed by atoms with E-state index in [2.05, 4.69) is 31.2 Å². The molecule has 2 heterocycles. The molecule has 0 saturated heterocycles. The van der Waals surface area contributed by atoms with E-state index in [1.807, 2.05) is 127 Å². The average Bonchev–Trinajstić information content (AvgIpc) is 3.64. The number of para-hydroxylation sites is 5. The maximum atomic E-state index is 12.3. The number of hydrogen-bond donors (Lipinski definition) is 5. The number of carbonyl (C=O) groups excluding carboxylic acids is 1. The van der Waals surface area contributed by atoms with Crippen LogP contribution in [0.15, 0.2) is 127 Å². The molecule has 0 radical (unpaired) electrons. The lowest BCUT2D eigenvalue weighted by atomic mass is 10.3. The fourth-order valence-electron chi connectivity index (χ4n) is 4.22. The standard InChI is InChI=1S/C20H16N4OS.C13H11N3S/c25-19(21-14-8-3-1-4-9-14)23-16-12-7-13-17-18(16)24-20(26-17)22-15-10-5-2-6-11-15;14-10-7-4-8-11-12(10)16-13(17-11)15-9-5-2-1-3-6-9/h1-13H,(H,22,24)(H2,21,23,25);1-8H,14H2,(H,15,16). The first-order valence-corrected chi connectivity index (χ1v) is 15.1. The van der Waals surface area contributed by atoms with Gasteiger partial charge in [0, 0.05) is 17.1 Å². The molecule has 43 heavy (non-hydrogen) atoms. The number of benzene rings is 5. The van der Waals surface area contributed by atoms with Gasteiger partial charge < -0.3 is 27.0 Å². The number of fused-ring (bicyclic) bond motifs is 2. The van der Waals surface area contributed by atoms with Crippen molar-refractivity contribution in [3.05, 3.63) is 127 Å².